The van der Waals surface area contributed by atoms with E-state index in [2.05, 4.69) is 0 Å². The maximum Gasteiger partial charge on any atom is 0.316 e. The molecule has 0 aromatic carbocycles. The molecule has 0 radical (unpaired) electrons. The zero-order valence-corrected chi connectivity index (χ0v) is 12.7. The lowest BCUT2D eigenvalue weighted by Gasteiger charge is -2.31. The summed E-state index contributed by atoms with van der Waals surface area (Å²) in [6, 6.07) is 0. The number of ketones is 2. The third-order valence-corrected chi connectivity index (χ3v) is 3.89. The molecule has 0 bridgehead atoms. The zero-order chi connectivity index (χ0) is 15.3. The molecule has 1 rings (SSSR count). The van der Waals surface area contributed by atoms with Gasteiger partial charge in [0.2, 0.25) is 0 Å². The first-order valence-electron chi connectivity index (χ1n) is 7.07. The highest BCUT2D eigenvalue weighted by Gasteiger charge is 2.41. The second kappa shape index (κ2) is 6.97. The van der Waals surface area contributed by atoms with Crippen molar-refractivity contribution in [1.82, 2.24) is 0 Å². The highest BCUT2D eigenvalue weighted by atomic mass is 16.5. The number of hydrogen-bond acceptors (Lipinski definition) is 5. The van der Waals surface area contributed by atoms with E-state index in [1.807, 2.05) is 13.8 Å². The maximum atomic E-state index is 12.0. The average Bonchev–Trinajstić information content (AvgIpc) is 2.36. The Kier molecular flexibility index (Phi) is 5.87. The minimum absolute atomic E-state index is 0.0872. The molecule has 0 aliphatic heterocycles. The molecule has 0 spiro atoms. The Hall–Kier alpha value is -1.23. The third kappa shape index (κ3) is 4.40. The molecule has 1 aliphatic rings. The number of methoxy groups -OCH3 is 1. The summed E-state index contributed by atoms with van der Waals surface area (Å²) in [6.45, 7) is 5.84. The van der Waals surface area contributed by atoms with Crippen LogP contribution in [0.25, 0.3) is 0 Å². The summed E-state index contributed by atoms with van der Waals surface area (Å²) in [4.78, 5) is 35.5. The predicted molar refractivity (Wildman–Crippen MR) is 73.2 cm³/mol. The monoisotopic (exact) mass is 284 g/mol. The molecule has 0 aromatic rings. The molecule has 0 saturated heterocycles. The van der Waals surface area contributed by atoms with Crippen molar-refractivity contribution in [1.29, 1.82) is 0 Å². The van der Waals surface area contributed by atoms with Crippen molar-refractivity contribution in [2.45, 2.75) is 52.1 Å². The fourth-order valence-corrected chi connectivity index (χ4v) is 2.51. The molecule has 0 N–H and O–H groups in total. The van der Waals surface area contributed by atoms with Crippen LogP contribution in [0.1, 0.15) is 46.5 Å². The smallest absolute Gasteiger partial charge is 0.316 e. The Balaban J connectivity index is 2.78. The number of ether oxygens (including phenoxy) is 2. The van der Waals surface area contributed by atoms with Crippen LogP contribution in [0.5, 0.6) is 0 Å². The molecular weight excluding hydrogens is 260 g/mol. The Bertz CT molecular complexity index is 386. The highest BCUT2D eigenvalue weighted by molar-refractivity contribution is 6.10. The van der Waals surface area contributed by atoms with Crippen molar-refractivity contribution < 1.29 is 23.9 Å². The Morgan fingerprint density at radius 1 is 1.35 bits per heavy atom. The van der Waals surface area contributed by atoms with E-state index in [4.69, 9.17) is 9.47 Å². The minimum atomic E-state index is -0.791. The fraction of sp³-hybridized carbons (Fsp3) is 0.800. The van der Waals surface area contributed by atoms with Gasteiger partial charge in [-0.15, -0.1) is 0 Å². The second-order valence-corrected chi connectivity index (χ2v) is 5.88. The van der Waals surface area contributed by atoms with Crippen molar-refractivity contribution in [2.75, 3.05) is 13.7 Å². The summed E-state index contributed by atoms with van der Waals surface area (Å²) in [6.07, 6.45) is 1.41. The van der Waals surface area contributed by atoms with Crippen LogP contribution in [0, 0.1) is 11.8 Å². The summed E-state index contributed by atoms with van der Waals surface area (Å²) in [7, 11) is 1.63. The lowest BCUT2D eigenvalue weighted by atomic mass is 9.74. The van der Waals surface area contributed by atoms with Crippen LogP contribution in [0.2, 0.25) is 0 Å². The summed E-state index contributed by atoms with van der Waals surface area (Å²) >= 11 is 0. The molecule has 20 heavy (non-hydrogen) atoms. The molecular formula is C15H24O5. The Morgan fingerprint density at radius 2 is 2.00 bits per heavy atom. The van der Waals surface area contributed by atoms with Crippen LogP contribution in [-0.4, -0.2) is 36.9 Å². The van der Waals surface area contributed by atoms with E-state index in [1.54, 1.807) is 14.0 Å². The molecule has 0 heterocycles. The van der Waals surface area contributed by atoms with E-state index in [0.29, 0.717) is 12.8 Å². The van der Waals surface area contributed by atoms with Gasteiger partial charge in [0.05, 0.1) is 18.6 Å². The fourth-order valence-electron chi connectivity index (χ4n) is 2.51. The van der Waals surface area contributed by atoms with Crippen LogP contribution >= 0.6 is 0 Å². The molecule has 1 saturated carbocycles. The van der Waals surface area contributed by atoms with Gasteiger partial charge in [-0.3, -0.25) is 14.4 Å². The number of esters is 1. The van der Waals surface area contributed by atoms with Crippen LogP contribution in [-0.2, 0) is 23.9 Å². The predicted octanol–water partition coefficient (Wildman–Crippen LogP) is 1.92. The molecule has 0 amide bonds. The molecule has 0 unspecified atom stereocenters. The third-order valence-electron chi connectivity index (χ3n) is 3.89. The summed E-state index contributed by atoms with van der Waals surface area (Å²) in [5.41, 5.74) is -0.331. The van der Waals surface area contributed by atoms with Crippen molar-refractivity contribution in [3.05, 3.63) is 0 Å². The highest BCUT2D eigenvalue weighted by Crippen LogP contribution is 2.32. The summed E-state index contributed by atoms with van der Waals surface area (Å²) in [5, 5.41) is 0. The van der Waals surface area contributed by atoms with Crippen molar-refractivity contribution in [3.8, 4) is 0 Å². The van der Waals surface area contributed by atoms with E-state index >= 15 is 0 Å². The maximum absolute atomic E-state index is 12.0. The summed E-state index contributed by atoms with van der Waals surface area (Å²) < 4.78 is 10.3. The molecule has 5 nitrogen and oxygen atoms in total. The van der Waals surface area contributed by atoms with Gasteiger partial charge in [-0.25, -0.2) is 0 Å². The average molecular weight is 284 g/mol. The van der Waals surface area contributed by atoms with E-state index in [0.717, 1.165) is 0 Å². The van der Waals surface area contributed by atoms with Gasteiger partial charge in [0.15, 0.2) is 5.78 Å². The Morgan fingerprint density at radius 3 is 2.55 bits per heavy atom. The van der Waals surface area contributed by atoms with E-state index in [1.165, 1.54) is 0 Å². The lowest BCUT2D eigenvalue weighted by Crippen LogP contribution is -2.40. The largest absolute Gasteiger partial charge is 0.465 e. The number of carbonyl (C=O) groups is 3. The number of hydrogen-bond donors (Lipinski definition) is 0. The van der Waals surface area contributed by atoms with Crippen molar-refractivity contribution in [2.24, 2.45) is 11.8 Å². The summed E-state index contributed by atoms with van der Waals surface area (Å²) in [5.74, 6) is -1.95. The van der Waals surface area contributed by atoms with Crippen molar-refractivity contribution >= 4 is 17.5 Å². The van der Waals surface area contributed by atoms with Crippen LogP contribution in [0.3, 0.4) is 0 Å². The molecule has 1 fully saturated rings. The molecule has 2 atom stereocenters. The normalized spacial score (nSPS) is 23.8. The first-order chi connectivity index (χ1) is 9.30. The second-order valence-electron chi connectivity index (χ2n) is 5.88. The van der Waals surface area contributed by atoms with Gasteiger partial charge in [0, 0.05) is 13.5 Å². The van der Waals surface area contributed by atoms with Gasteiger partial charge in [0.1, 0.15) is 11.7 Å². The number of carbonyl (C=O) groups excluding carboxylic acids is 3. The first-order valence-corrected chi connectivity index (χ1v) is 7.07. The number of Topliss-reactive ketones (excluding diaryl/α,β-unsaturated/α-hetero) is 2. The van der Waals surface area contributed by atoms with Gasteiger partial charge in [-0.05, 0) is 39.5 Å². The van der Waals surface area contributed by atoms with Crippen LogP contribution in [0.15, 0.2) is 0 Å². The molecule has 114 valence electrons. The quantitative estimate of drug-likeness (QED) is 0.550. The van der Waals surface area contributed by atoms with E-state index < -0.39 is 11.9 Å². The molecule has 1 aliphatic carbocycles. The van der Waals surface area contributed by atoms with Gasteiger partial charge < -0.3 is 9.47 Å². The van der Waals surface area contributed by atoms with Gasteiger partial charge in [0.25, 0.3) is 0 Å². The van der Waals surface area contributed by atoms with Gasteiger partial charge >= 0.3 is 5.97 Å². The topological polar surface area (TPSA) is 69.7 Å². The van der Waals surface area contributed by atoms with Crippen LogP contribution < -0.4 is 0 Å². The standard InChI is InChI=1S/C15H24O5/c1-5-20-14(18)13-10(6-7-15(2,3)19-4)8-11(16)9-12(13)17/h10,13H,5-9H2,1-4H3/t10-,13-/m0/s1. The van der Waals surface area contributed by atoms with E-state index in [9.17, 15) is 14.4 Å². The zero-order valence-electron chi connectivity index (χ0n) is 12.7. The Labute approximate surface area is 120 Å². The van der Waals surface area contributed by atoms with Crippen LogP contribution in [0.4, 0.5) is 0 Å². The van der Waals surface area contributed by atoms with Crippen molar-refractivity contribution in [3.63, 3.8) is 0 Å². The van der Waals surface area contributed by atoms with Gasteiger partial charge in [-0.1, -0.05) is 0 Å². The van der Waals surface area contributed by atoms with E-state index in [-0.39, 0.29) is 42.5 Å². The SMILES string of the molecule is CCOC(=O)[C@@H]1C(=O)CC(=O)C[C@@H]1CCC(C)(C)OC. The first kappa shape index (κ1) is 16.8. The number of rotatable bonds is 6. The van der Waals surface area contributed by atoms with Gasteiger partial charge in [-0.2, -0.15) is 0 Å². The minimum Gasteiger partial charge on any atom is -0.465 e. The molecule has 0 aromatic heterocycles. The lowest BCUT2D eigenvalue weighted by molar-refractivity contribution is -0.156. The molecule has 5 heteroatoms.